The minimum absolute atomic E-state index is 0.225. The van der Waals surface area contributed by atoms with Crippen molar-refractivity contribution in [1.82, 2.24) is 0 Å². The molecule has 0 unspecified atom stereocenters. The minimum Gasteiger partial charge on any atom is -0.422 e. The highest BCUT2D eigenvalue weighted by molar-refractivity contribution is 7.12. The molecule has 4 rings (SSSR count). The summed E-state index contributed by atoms with van der Waals surface area (Å²) in [5.74, 6) is -4.28. The molecular formula is C19H16O5S. The van der Waals surface area contributed by atoms with E-state index in [0.717, 1.165) is 5.56 Å². The van der Waals surface area contributed by atoms with Gasteiger partial charge in [0.05, 0.1) is 10.8 Å². The summed E-state index contributed by atoms with van der Waals surface area (Å²) in [7, 11) is 0. The largest absolute Gasteiger partial charge is 0.422 e. The zero-order valence-corrected chi connectivity index (χ0v) is 14.5. The summed E-state index contributed by atoms with van der Waals surface area (Å²) in [5, 5.41) is 1.79. The van der Waals surface area contributed by atoms with E-state index in [4.69, 9.17) is 9.47 Å². The monoisotopic (exact) mass is 356 g/mol. The number of ether oxygens (including phenoxy) is 2. The second kappa shape index (κ2) is 5.26. The number of thiophene rings is 1. The predicted molar refractivity (Wildman–Crippen MR) is 90.0 cm³/mol. The number of Topliss-reactive ketones (excluding diaryl/α,β-unsaturated/α-hetero) is 1. The van der Waals surface area contributed by atoms with Crippen molar-refractivity contribution in [2.75, 3.05) is 0 Å². The van der Waals surface area contributed by atoms with Crippen molar-refractivity contribution in [2.24, 2.45) is 11.3 Å². The molecule has 2 heterocycles. The van der Waals surface area contributed by atoms with Crippen molar-refractivity contribution >= 4 is 29.1 Å². The summed E-state index contributed by atoms with van der Waals surface area (Å²) >= 11 is 1.29. The molecule has 1 aromatic heterocycles. The molecule has 1 saturated carbocycles. The summed E-state index contributed by atoms with van der Waals surface area (Å²) in [5.41, 5.74) is -0.830. The SMILES string of the molecule is CC1(C)OC(=O)C2(C(=O)O1)[C@H](C(=O)c1cccs1)[C@H]2c1ccccc1. The van der Waals surface area contributed by atoms with E-state index < -0.39 is 35.0 Å². The maximum absolute atomic E-state index is 13.0. The fraction of sp³-hybridized carbons (Fsp3) is 0.316. The first-order chi connectivity index (χ1) is 11.9. The molecule has 2 aromatic rings. The van der Waals surface area contributed by atoms with Crippen LogP contribution in [0.2, 0.25) is 0 Å². The fourth-order valence-corrected chi connectivity index (χ4v) is 4.37. The molecule has 0 radical (unpaired) electrons. The van der Waals surface area contributed by atoms with E-state index in [2.05, 4.69) is 0 Å². The molecular weight excluding hydrogens is 340 g/mol. The van der Waals surface area contributed by atoms with Crippen LogP contribution in [0.25, 0.3) is 0 Å². The maximum Gasteiger partial charge on any atom is 0.328 e. The second-order valence-electron chi connectivity index (χ2n) is 6.76. The topological polar surface area (TPSA) is 69.7 Å². The van der Waals surface area contributed by atoms with Crippen LogP contribution >= 0.6 is 11.3 Å². The molecule has 25 heavy (non-hydrogen) atoms. The van der Waals surface area contributed by atoms with Crippen molar-refractivity contribution < 1.29 is 23.9 Å². The number of carbonyl (C=O) groups excluding carboxylic acids is 3. The molecule has 0 N–H and O–H groups in total. The number of carbonyl (C=O) groups is 3. The van der Waals surface area contributed by atoms with Gasteiger partial charge in [-0.25, -0.2) is 0 Å². The third kappa shape index (κ3) is 2.24. The lowest BCUT2D eigenvalue weighted by Gasteiger charge is -2.33. The standard InChI is InChI=1S/C19H16O5S/c1-18(2)23-16(21)19(17(22)24-18)13(11-7-4-3-5-8-11)14(19)15(20)12-9-6-10-25-12/h3-10,13-14H,1-2H3/t13-,14+/m1/s1. The molecule has 5 nitrogen and oxygen atoms in total. The Hall–Kier alpha value is -2.47. The van der Waals surface area contributed by atoms with E-state index in [0.29, 0.717) is 4.88 Å². The Morgan fingerprint density at radius 2 is 1.64 bits per heavy atom. The quantitative estimate of drug-likeness (QED) is 0.480. The van der Waals surface area contributed by atoms with Gasteiger partial charge in [0.25, 0.3) is 5.79 Å². The van der Waals surface area contributed by atoms with Gasteiger partial charge in [-0.3, -0.25) is 14.4 Å². The molecule has 1 aliphatic carbocycles. The number of hydrogen-bond acceptors (Lipinski definition) is 6. The van der Waals surface area contributed by atoms with Gasteiger partial charge in [0.1, 0.15) is 0 Å². The zero-order chi connectivity index (χ0) is 17.8. The van der Waals surface area contributed by atoms with Gasteiger partial charge in [-0.15, -0.1) is 11.3 Å². The lowest BCUT2D eigenvalue weighted by Crippen LogP contribution is -2.49. The molecule has 0 bridgehead atoms. The average molecular weight is 356 g/mol. The van der Waals surface area contributed by atoms with Crippen LogP contribution in [0.1, 0.15) is 35.0 Å². The van der Waals surface area contributed by atoms with Crippen molar-refractivity contribution in [3.05, 3.63) is 58.3 Å². The number of benzene rings is 1. The van der Waals surface area contributed by atoms with E-state index in [9.17, 15) is 14.4 Å². The molecule has 2 atom stereocenters. The third-order valence-corrected chi connectivity index (χ3v) is 5.65. The molecule has 128 valence electrons. The van der Waals surface area contributed by atoms with E-state index in [1.807, 2.05) is 30.3 Å². The Bertz CT molecular complexity index is 833. The highest BCUT2D eigenvalue weighted by Crippen LogP contribution is 2.68. The molecule has 1 spiro atoms. The Morgan fingerprint density at radius 1 is 1.00 bits per heavy atom. The van der Waals surface area contributed by atoms with Crippen LogP contribution in [0.3, 0.4) is 0 Å². The van der Waals surface area contributed by atoms with Crippen LogP contribution in [0.5, 0.6) is 0 Å². The summed E-state index contributed by atoms with van der Waals surface area (Å²) in [4.78, 5) is 39.1. The van der Waals surface area contributed by atoms with E-state index in [-0.39, 0.29) is 5.78 Å². The summed E-state index contributed by atoms with van der Waals surface area (Å²) in [6.45, 7) is 3.01. The first-order valence-corrected chi connectivity index (χ1v) is 8.85. The molecule has 2 aliphatic rings. The molecule has 1 saturated heterocycles. The van der Waals surface area contributed by atoms with E-state index in [1.165, 1.54) is 25.2 Å². The van der Waals surface area contributed by atoms with Crippen LogP contribution in [-0.4, -0.2) is 23.5 Å². The Kier molecular flexibility index (Phi) is 3.37. The lowest BCUT2D eigenvalue weighted by molar-refractivity contribution is -0.243. The number of ketones is 1. The molecule has 1 aromatic carbocycles. The summed E-state index contributed by atoms with van der Waals surface area (Å²) < 4.78 is 10.7. The van der Waals surface area contributed by atoms with Crippen LogP contribution in [0, 0.1) is 11.3 Å². The highest BCUT2D eigenvalue weighted by atomic mass is 32.1. The Labute approximate surface area is 148 Å². The number of rotatable bonds is 3. The summed E-state index contributed by atoms with van der Waals surface area (Å²) in [6, 6.07) is 12.6. The molecule has 2 fully saturated rings. The van der Waals surface area contributed by atoms with Crippen LogP contribution in [-0.2, 0) is 19.1 Å². The van der Waals surface area contributed by atoms with Crippen molar-refractivity contribution in [3.63, 3.8) is 0 Å². The van der Waals surface area contributed by atoms with Crippen molar-refractivity contribution in [3.8, 4) is 0 Å². The smallest absolute Gasteiger partial charge is 0.328 e. The first kappa shape index (κ1) is 16.0. The molecule has 0 amide bonds. The van der Waals surface area contributed by atoms with Gasteiger partial charge in [-0.05, 0) is 17.0 Å². The summed E-state index contributed by atoms with van der Waals surface area (Å²) in [6.07, 6.45) is 0. The van der Waals surface area contributed by atoms with Crippen LogP contribution in [0.4, 0.5) is 0 Å². The highest BCUT2D eigenvalue weighted by Gasteiger charge is 2.81. The zero-order valence-electron chi connectivity index (χ0n) is 13.7. The fourth-order valence-electron chi connectivity index (χ4n) is 3.66. The number of cyclic esters (lactones) is 2. The van der Waals surface area contributed by atoms with Gasteiger partial charge in [0.2, 0.25) is 0 Å². The average Bonchev–Trinajstić information content (AvgIpc) is 2.95. The minimum atomic E-state index is -1.59. The Morgan fingerprint density at radius 3 is 2.20 bits per heavy atom. The number of esters is 2. The number of hydrogen-bond donors (Lipinski definition) is 0. The lowest BCUT2D eigenvalue weighted by atomic mass is 9.96. The van der Waals surface area contributed by atoms with Gasteiger partial charge in [-0.2, -0.15) is 0 Å². The van der Waals surface area contributed by atoms with E-state index in [1.54, 1.807) is 17.5 Å². The van der Waals surface area contributed by atoms with Crippen molar-refractivity contribution in [2.45, 2.75) is 25.6 Å². The second-order valence-corrected chi connectivity index (χ2v) is 7.70. The van der Waals surface area contributed by atoms with Gasteiger partial charge in [0, 0.05) is 19.8 Å². The van der Waals surface area contributed by atoms with Gasteiger partial charge in [-0.1, -0.05) is 36.4 Å². The Balaban J connectivity index is 1.80. The maximum atomic E-state index is 13.0. The predicted octanol–water partition coefficient (Wildman–Crippen LogP) is 3.17. The van der Waals surface area contributed by atoms with Crippen molar-refractivity contribution in [1.29, 1.82) is 0 Å². The van der Waals surface area contributed by atoms with Gasteiger partial charge >= 0.3 is 11.9 Å². The van der Waals surface area contributed by atoms with Gasteiger partial charge in [0.15, 0.2) is 11.2 Å². The normalized spacial score (nSPS) is 26.0. The third-order valence-electron chi connectivity index (χ3n) is 4.76. The molecule has 6 heteroatoms. The molecule has 1 aliphatic heterocycles. The van der Waals surface area contributed by atoms with Crippen LogP contribution in [0.15, 0.2) is 47.8 Å². The van der Waals surface area contributed by atoms with Crippen LogP contribution < -0.4 is 0 Å². The first-order valence-electron chi connectivity index (χ1n) is 7.97. The van der Waals surface area contributed by atoms with Gasteiger partial charge < -0.3 is 9.47 Å². The van der Waals surface area contributed by atoms with E-state index >= 15 is 0 Å².